The molecule has 0 unspecified atom stereocenters. The molecule has 0 aliphatic rings. The quantitative estimate of drug-likeness (QED) is 0.823. The molecule has 0 aliphatic heterocycles. The van der Waals surface area contributed by atoms with Crippen LogP contribution in [-0.2, 0) is 6.54 Å². The number of nitrogens with one attached hydrogen (secondary N) is 1. The van der Waals surface area contributed by atoms with Gasteiger partial charge in [-0.2, -0.15) is 10.4 Å². The number of aromatic nitrogens is 2. The zero-order valence-electron chi connectivity index (χ0n) is 10.4. The Kier molecular flexibility index (Phi) is 4.29. The standard InChI is InChI=1S/C14H14N4O/c15-11-12-3-5-13(6-4-12)14(19)16-7-1-9-18-10-2-8-17-18/h2-6,8,10H,1,7,9H2,(H,16,19). The molecule has 0 fully saturated rings. The summed E-state index contributed by atoms with van der Waals surface area (Å²) in [7, 11) is 0. The van der Waals surface area contributed by atoms with Gasteiger partial charge in [0.15, 0.2) is 0 Å². The molecule has 0 bridgehead atoms. The molecule has 0 aliphatic carbocycles. The van der Waals surface area contributed by atoms with Gasteiger partial charge >= 0.3 is 0 Å². The minimum atomic E-state index is -0.120. The third kappa shape index (κ3) is 3.68. The minimum absolute atomic E-state index is 0.120. The zero-order valence-corrected chi connectivity index (χ0v) is 10.4. The van der Waals surface area contributed by atoms with Gasteiger partial charge in [0.2, 0.25) is 0 Å². The second-order valence-corrected chi connectivity index (χ2v) is 4.07. The van der Waals surface area contributed by atoms with Crippen LogP contribution in [0.4, 0.5) is 0 Å². The van der Waals surface area contributed by atoms with Gasteiger partial charge < -0.3 is 5.32 Å². The zero-order chi connectivity index (χ0) is 13.5. The predicted octanol–water partition coefficient (Wildman–Crippen LogP) is 1.57. The van der Waals surface area contributed by atoms with E-state index in [1.165, 1.54) is 0 Å². The topological polar surface area (TPSA) is 70.7 Å². The fraction of sp³-hybridized carbons (Fsp3) is 0.214. The van der Waals surface area contributed by atoms with E-state index in [9.17, 15) is 4.79 Å². The lowest BCUT2D eigenvalue weighted by Gasteiger charge is -2.05. The van der Waals surface area contributed by atoms with Crippen LogP contribution >= 0.6 is 0 Å². The summed E-state index contributed by atoms with van der Waals surface area (Å²) in [6, 6.07) is 10.5. The van der Waals surface area contributed by atoms with Crippen LogP contribution in [0.25, 0.3) is 0 Å². The Morgan fingerprint density at radius 2 is 2.16 bits per heavy atom. The summed E-state index contributed by atoms with van der Waals surface area (Å²) in [6.45, 7) is 1.37. The molecule has 2 rings (SSSR count). The number of nitrogens with zero attached hydrogens (tertiary/aromatic N) is 3. The Bertz CT molecular complexity index is 566. The number of carbonyl (C=O) groups excluding carboxylic acids is 1. The van der Waals surface area contributed by atoms with E-state index in [4.69, 9.17) is 5.26 Å². The Balaban J connectivity index is 1.76. The Morgan fingerprint density at radius 1 is 1.37 bits per heavy atom. The minimum Gasteiger partial charge on any atom is -0.352 e. The molecule has 1 heterocycles. The maximum absolute atomic E-state index is 11.8. The third-order valence-corrected chi connectivity index (χ3v) is 2.68. The number of benzene rings is 1. The van der Waals surface area contributed by atoms with E-state index in [1.54, 1.807) is 30.5 Å². The summed E-state index contributed by atoms with van der Waals surface area (Å²) in [5, 5.41) is 15.6. The van der Waals surface area contributed by atoms with E-state index in [0.717, 1.165) is 13.0 Å². The van der Waals surface area contributed by atoms with Gasteiger partial charge in [-0.1, -0.05) is 0 Å². The first kappa shape index (κ1) is 12.8. The van der Waals surface area contributed by atoms with Crippen LogP contribution in [0.5, 0.6) is 0 Å². The van der Waals surface area contributed by atoms with E-state index >= 15 is 0 Å². The van der Waals surface area contributed by atoms with Crippen LogP contribution < -0.4 is 5.32 Å². The van der Waals surface area contributed by atoms with Crippen molar-refractivity contribution in [1.82, 2.24) is 15.1 Å². The summed E-state index contributed by atoms with van der Waals surface area (Å²) in [6.07, 6.45) is 4.45. The van der Waals surface area contributed by atoms with Gasteiger partial charge in [0.25, 0.3) is 5.91 Å². The average molecular weight is 254 g/mol. The molecule has 0 saturated heterocycles. The molecule has 5 nitrogen and oxygen atoms in total. The van der Waals surface area contributed by atoms with Gasteiger partial charge in [-0.15, -0.1) is 0 Å². The summed E-state index contributed by atoms with van der Waals surface area (Å²) in [5.41, 5.74) is 1.12. The Morgan fingerprint density at radius 3 is 2.79 bits per heavy atom. The van der Waals surface area contributed by atoms with E-state index < -0.39 is 0 Å². The molecule has 5 heteroatoms. The molecule has 0 radical (unpaired) electrons. The molecular weight excluding hydrogens is 240 g/mol. The SMILES string of the molecule is N#Cc1ccc(C(=O)NCCCn2cccn2)cc1. The lowest BCUT2D eigenvalue weighted by Crippen LogP contribution is -2.25. The van der Waals surface area contributed by atoms with Crippen LogP contribution in [0.1, 0.15) is 22.3 Å². The van der Waals surface area contributed by atoms with E-state index in [2.05, 4.69) is 10.4 Å². The fourth-order valence-electron chi connectivity index (χ4n) is 1.67. The number of aryl methyl sites for hydroxylation is 1. The van der Waals surface area contributed by atoms with Crippen LogP contribution in [0.15, 0.2) is 42.7 Å². The lowest BCUT2D eigenvalue weighted by molar-refractivity contribution is 0.0952. The van der Waals surface area contributed by atoms with E-state index in [-0.39, 0.29) is 5.91 Å². The number of amides is 1. The van der Waals surface area contributed by atoms with Crippen molar-refractivity contribution in [3.63, 3.8) is 0 Å². The van der Waals surface area contributed by atoms with Gasteiger partial charge in [-0.25, -0.2) is 0 Å². The second-order valence-electron chi connectivity index (χ2n) is 4.07. The first-order valence-corrected chi connectivity index (χ1v) is 6.05. The summed E-state index contributed by atoms with van der Waals surface area (Å²) < 4.78 is 1.83. The van der Waals surface area contributed by atoms with Crippen molar-refractivity contribution in [2.45, 2.75) is 13.0 Å². The molecule has 2 aromatic rings. The van der Waals surface area contributed by atoms with Gasteiger partial charge in [0.1, 0.15) is 0 Å². The van der Waals surface area contributed by atoms with Crippen molar-refractivity contribution in [2.75, 3.05) is 6.54 Å². The maximum Gasteiger partial charge on any atom is 0.251 e. The predicted molar refractivity (Wildman–Crippen MR) is 70.3 cm³/mol. The molecule has 0 atom stereocenters. The smallest absolute Gasteiger partial charge is 0.251 e. The molecule has 19 heavy (non-hydrogen) atoms. The first-order chi connectivity index (χ1) is 9.29. The first-order valence-electron chi connectivity index (χ1n) is 6.05. The maximum atomic E-state index is 11.8. The highest BCUT2D eigenvalue weighted by Crippen LogP contribution is 2.03. The van der Waals surface area contributed by atoms with Crippen LogP contribution in [0.2, 0.25) is 0 Å². The highest BCUT2D eigenvalue weighted by atomic mass is 16.1. The highest BCUT2D eigenvalue weighted by Gasteiger charge is 2.04. The fourth-order valence-corrected chi connectivity index (χ4v) is 1.67. The Labute approximate surface area is 111 Å². The molecular formula is C14H14N4O. The van der Waals surface area contributed by atoms with Gasteiger partial charge in [0, 0.05) is 31.0 Å². The molecule has 1 amide bonds. The summed E-state index contributed by atoms with van der Waals surface area (Å²) in [5.74, 6) is -0.120. The van der Waals surface area contributed by atoms with Crippen molar-refractivity contribution in [3.8, 4) is 6.07 Å². The van der Waals surface area contributed by atoms with E-state index in [1.807, 2.05) is 23.0 Å². The third-order valence-electron chi connectivity index (χ3n) is 2.68. The van der Waals surface area contributed by atoms with Gasteiger partial charge in [0.05, 0.1) is 11.6 Å². The largest absolute Gasteiger partial charge is 0.352 e. The number of hydrogen-bond donors (Lipinski definition) is 1. The van der Waals surface area contributed by atoms with Crippen molar-refractivity contribution >= 4 is 5.91 Å². The van der Waals surface area contributed by atoms with Crippen molar-refractivity contribution in [1.29, 1.82) is 5.26 Å². The van der Waals surface area contributed by atoms with Crippen LogP contribution in [0.3, 0.4) is 0 Å². The second kappa shape index (κ2) is 6.36. The van der Waals surface area contributed by atoms with Crippen LogP contribution in [-0.4, -0.2) is 22.2 Å². The number of carbonyl (C=O) groups is 1. The molecule has 1 aromatic carbocycles. The molecule has 0 spiro atoms. The van der Waals surface area contributed by atoms with Crippen molar-refractivity contribution in [2.24, 2.45) is 0 Å². The normalized spacial score (nSPS) is 9.84. The molecule has 1 N–H and O–H groups in total. The van der Waals surface area contributed by atoms with Crippen molar-refractivity contribution in [3.05, 3.63) is 53.9 Å². The Hall–Kier alpha value is -2.61. The molecule has 0 saturated carbocycles. The summed E-state index contributed by atoms with van der Waals surface area (Å²) in [4.78, 5) is 11.8. The monoisotopic (exact) mass is 254 g/mol. The molecule has 1 aromatic heterocycles. The highest BCUT2D eigenvalue weighted by molar-refractivity contribution is 5.94. The van der Waals surface area contributed by atoms with Crippen LogP contribution in [0, 0.1) is 11.3 Å². The lowest BCUT2D eigenvalue weighted by atomic mass is 10.1. The van der Waals surface area contributed by atoms with Gasteiger partial charge in [-0.05, 0) is 36.8 Å². The van der Waals surface area contributed by atoms with Crippen molar-refractivity contribution < 1.29 is 4.79 Å². The van der Waals surface area contributed by atoms with Gasteiger partial charge in [-0.3, -0.25) is 9.48 Å². The van der Waals surface area contributed by atoms with E-state index in [0.29, 0.717) is 17.7 Å². The number of rotatable bonds is 5. The number of nitriles is 1. The molecule has 96 valence electrons. The summed E-state index contributed by atoms with van der Waals surface area (Å²) >= 11 is 0. The number of hydrogen-bond acceptors (Lipinski definition) is 3. The average Bonchev–Trinajstić information content (AvgIpc) is 2.96.